The maximum absolute atomic E-state index is 12.8. The first-order chi connectivity index (χ1) is 10.2. The summed E-state index contributed by atoms with van der Waals surface area (Å²) in [6, 6.07) is 5.82. The summed E-state index contributed by atoms with van der Waals surface area (Å²) in [6.07, 6.45) is 7.53. The molecule has 0 spiro atoms. The largest absolute Gasteiger partial charge is 0.496 e. The third kappa shape index (κ3) is 1.80. The molecular weight excluding hydrogens is 264 g/mol. The summed E-state index contributed by atoms with van der Waals surface area (Å²) >= 11 is 0. The predicted molar refractivity (Wildman–Crippen MR) is 81.7 cm³/mol. The summed E-state index contributed by atoms with van der Waals surface area (Å²) in [5, 5.41) is 0. The third-order valence-corrected chi connectivity index (χ3v) is 4.95. The average Bonchev–Trinajstić information content (AvgIpc) is 3.00. The second-order valence-electron chi connectivity index (χ2n) is 5.86. The molecule has 2 aliphatic carbocycles. The van der Waals surface area contributed by atoms with Crippen LogP contribution in [0, 0.1) is 11.8 Å². The van der Waals surface area contributed by atoms with Crippen LogP contribution in [0.15, 0.2) is 30.4 Å². The lowest BCUT2D eigenvalue weighted by molar-refractivity contribution is -0.0600. The highest BCUT2D eigenvalue weighted by molar-refractivity contribution is 6.07. The molecule has 1 aromatic rings. The van der Waals surface area contributed by atoms with Crippen molar-refractivity contribution in [3.8, 4) is 5.75 Å². The zero-order valence-corrected chi connectivity index (χ0v) is 12.9. The fourth-order valence-corrected chi connectivity index (χ4v) is 3.97. The molecule has 0 fully saturated rings. The smallest absolute Gasteiger partial charge is 0.177 e. The quantitative estimate of drug-likeness (QED) is 0.774. The number of carbonyl (C=O) groups excluding carboxylic acids is 1. The van der Waals surface area contributed by atoms with E-state index in [1.54, 1.807) is 14.2 Å². The molecule has 112 valence electrons. The van der Waals surface area contributed by atoms with Gasteiger partial charge < -0.3 is 9.47 Å². The minimum absolute atomic E-state index is 0.125. The third-order valence-electron chi connectivity index (χ3n) is 4.95. The van der Waals surface area contributed by atoms with Gasteiger partial charge in [-0.2, -0.15) is 0 Å². The number of ether oxygens (including phenoxy) is 2. The molecule has 0 amide bonds. The van der Waals surface area contributed by atoms with Crippen LogP contribution in [0.1, 0.15) is 42.1 Å². The summed E-state index contributed by atoms with van der Waals surface area (Å²) in [5.41, 5.74) is 1.17. The summed E-state index contributed by atoms with van der Waals surface area (Å²) in [5.74, 6) is 0.825. The molecule has 0 aliphatic heterocycles. The van der Waals surface area contributed by atoms with Crippen molar-refractivity contribution in [3.05, 3.63) is 41.5 Å². The van der Waals surface area contributed by atoms with E-state index in [0.29, 0.717) is 11.3 Å². The van der Waals surface area contributed by atoms with Gasteiger partial charge in [0.1, 0.15) is 11.4 Å². The van der Waals surface area contributed by atoms with Crippen LogP contribution < -0.4 is 4.74 Å². The summed E-state index contributed by atoms with van der Waals surface area (Å²) < 4.78 is 11.4. The number of ketones is 1. The molecule has 0 N–H and O–H groups in total. The number of benzene rings is 1. The van der Waals surface area contributed by atoms with Gasteiger partial charge in [-0.15, -0.1) is 0 Å². The second-order valence-corrected chi connectivity index (χ2v) is 5.86. The van der Waals surface area contributed by atoms with Crippen molar-refractivity contribution in [3.63, 3.8) is 0 Å². The van der Waals surface area contributed by atoms with Crippen molar-refractivity contribution in [1.29, 1.82) is 0 Å². The van der Waals surface area contributed by atoms with Gasteiger partial charge in [-0.3, -0.25) is 4.79 Å². The van der Waals surface area contributed by atoms with Gasteiger partial charge >= 0.3 is 0 Å². The molecule has 3 nitrogen and oxygen atoms in total. The Morgan fingerprint density at radius 2 is 2.05 bits per heavy atom. The molecular formula is C18H22O3. The number of Topliss-reactive ketones (excluding diaryl/α,β-unsaturated/α-hetero) is 1. The Hall–Kier alpha value is -1.61. The number of unbranched alkanes of at least 4 members (excludes halogenated alkanes) is 1. The Bertz CT molecular complexity index is 590. The van der Waals surface area contributed by atoms with Gasteiger partial charge in [-0.1, -0.05) is 44.1 Å². The Kier molecular flexibility index (Phi) is 3.62. The molecule has 2 aliphatic rings. The molecule has 0 saturated heterocycles. The van der Waals surface area contributed by atoms with E-state index < -0.39 is 5.60 Å². The van der Waals surface area contributed by atoms with Gasteiger partial charge in [-0.25, -0.2) is 0 Å². The molecule has 0 saturated carbocycles. The minimum atomic E-state index is -0.532. The first-order valence-corrected chi connectivity index (χ1v) is 7.65. The van der Waals surface area contributed by atoms with Crippen LogP contribution in [0.5, 0.6) is 5.75 Å². The SMILES string of the molecule is CCCC[C@@H]1C=C[C@@H]2C(=O)c3c(OC)cccc3[C@@]21OC. The van der Waals surface area contributed by atoms with Crippen molar-refractivity contribution in [1.82, 2.24) is 0 Å². The lowest BCUT2D eigenvalue weighted by Gasteiger charge is -2.35. The van der Waals surface area contributed by atoms with E-state index in [9.17, 15) is 4.79 Å². The molecule has 3 rings (SSSR count). The van der Waals surface area contributed by atoms with Crippen LogP contribution in [-0.2, 0) is 10.3 Å². The number of hydrogen-bond donors (Lipinski definition) is 0. The van der Waals surface area contributed by atoms with Crippen LogP contribution in [0.25, 0.3) is 0 Å². The van der Waals surface area contributed by atoms with Crippen LogP contribution in [0.3, 0.4) is 0 Å². The van der Waals surface area contributed by atoms with Gasteiger partial charge in [0.15, 0.2) is 5.78 Å². The minimum Gasteiger partial charge on any atom is -0.496 e. The van der Waals surface area contributed by atoms with E-state index in [-0.39, 0.29) is 17.6 Å². The van der Waals surface area contributed by atoms with Gasteiger partial charge in [0.25, 0.3) is 0 Å². The van der Waals surface area contributed by atoms with E-state index in [0.717, 1.165) is 24.8 Å². The molecule has 21 heavy (non-hydrogen) atoms. The van der Waals surface area contributed by atoms with Crippen LogP contribution in [0.4, 0.5) is 0 Å². The normalized spacial score (nSPS) is 29.6. The summed E-state index contributed by atoms with van der Waals surface area (Å²) in [7, 11) is 3.33. The number of carbonyl (C=O) groups is 1. The van der Waals surface area contributed by atoms with Crippen LogP contribution in [-0.4, -0.2) is 20.0 Å². The molecule has 3 atom stereocenters. The van der Waals surface area contributed by atoms with Crippen molar-refractivity contribution in [2.24, 2.45) is 11.8 Å². The molecule has 0 bridgehead atoms. The van der Waals surface area contributed by atoms with E-state index >= 15 is 0 Å². The maximum Gasteiger partial charge on any atom is 0.177 e. The molecule has 3 heteroatoms. The Morgan fingerprint density at radius 1 is 1.24 bits per heavy atom. The molecule has 0 aromatic heterocycles. The van der Waals surface area contributed by atoms with Gasteiger partial charge in [0.2, 0.25) is 0 Å². The zero-order chi connectivity index (χ0) is 15.0. The second kappa shape index (κ2) is 5.30. The summed E-state index contributed by atoms with van der Waals surface area (Å²) in [4.78, 5) is 12.8. The van der Waals surface area contributed by atoms with E-state index in [2.05, 4.69) is 13.0 Å². The number of methoxy groups -OCH3 is 2. The van der Waals surface area contributed by atoms with Crippen molar-refractivity contribution >= 4 is 5.78 Å². The highest BCUT2D eigenvalue weighted by Gasteiger charge is 2.58. The lowest BCUT2D eigenvalue weighted by atomic mass is 9.79. The Morgan fingerprint density at radius 3 is 2.71 bits per heavy atom. The number of rotatable bonds is 5. The average molecular weight is 286 g/mol. The first-order valence-electron chi connectivity index (χ1n) is 7.65. The highest BCUT2D eigenvalue weighted by Crippen LogP contribution is 2.56. The standard InChI is InChI=1S/C18H22O3/c1-4-5-7-12-10-11-14-17(19)16-13(18(12,14)21-3)8-6-9-15(16)20-2/h6,8-12,14H,4-5,7H2,1-3H3/t12-,14-,18-/m1/s1. The molecule has 0 heterocycles. The van der Waals surface area contributed by atoms with E-state index in [1.807, 2.05) is 24.3 Å². The van der Waals surface area contributed by atoms with Crippen LogP contribution >= 0.6 is 0 Å². The van der Waals surface area contributed by atoms with Gasteiger partial charge in [0, 0.05) is 13.0 Å². The first kappa shape index (κ1) is 14.3. The van der Waals surface area contributed by atoms with Crippen molar-refractivity contribution in [2.45, 2.75) is 31.8 Å². The topological polar surface area (TPSA) is 35.5 Å². The number of fused-ring (bicyclic) bond motifs is 3. The van der Waals surface area contributed by atoms with Crippen molar-refractivity contribution in [2.75, 3.05) is 14.2 Å². The maximum atomic E-state index is 12.8. The Balaban J connectivity index is 2.13. The fraction of sp³-hybridized carbons (Fsp3) is 0.500. The fourth-order valence-electron chi connectivity index (χ4n) is 3.97. The zero-order valence-electron chi connectivity index (χ0n) is 12.9. The molecule has 0 unspecified atom stereocenters. The number of hydrogen-bond acceptors (Lipinski definition) is 3. The van der Waals surface area contributed by atoms with E-state index in [1.165, 1.54) is 0 Å². The highest BCUT2D eigenvalue weighted by atomic mass is 16.5. The van der Waals surface area contributed by atoms with E-state index in [4.69, 9.17) is 9.47 Å². The van der Waals surface area contributed by atoms with Crippen LogP contribution in [0.2, 0.25) is 0 Å². The summed E-state index contributed by atoms with van der Waals surface area (Å²) in [6.45, 7) is 2.19. The molecule has 0 radical (unpaired) electrons. The van der Waals surface area contributed by atoms with Gasteiger partial charge in [-0.05, 0) is 18.1 Å². The molecule has 1 aromatic carbocycles. The monoisotopic (exact) mass is 286 g/mol. The Labute approximate surface area is 125 Å². The van der Waals surface area contributed by atoms with Gasteiger partial charge in [0.05, 0.1) is 18.6 Å². The van der Waals surface area contributed by atoms with Crippen molar-refractivity contribution < 1.29 is 14.3 Å². The predicted octanol–water partition coefficient (Wildman–Crippen LogP) is 3.73. The lowest BCUT2D eigenvalue weighted by Crippen LogP contribution is -2.37.